The molecule has 3 heteroatoms. The zero-order valence-electron chi connectivity index (χ0n) is 9.47. The smallest absolute Gasteiger partial charge is 0.236 e. The van der Waals surface area contributed by atoms with E-state index in [0.29, 0.717) is 5.92 Å². The monoisotopic (exact) mass is 198 g/mol. The molecule has 1 aliphatic carbocycles. The summed E-state index contributed by atoms with van der Waals surface area (Å²) in [7, 11) is 0. The van der Waals surface area contributed by atoms with Crippen molar-refractivity contribution in [3.8, 4) is 0 Å². The first-order chi connectivity index (χ1) is 6.59. The first-order valence-electron chi connectivity index (χ1n) is 5.60. The van der Waals surface area contributed by atoms with E-state index in [2.05, 4.69) is 24.5 Å². The van der Waals surface area contributed by atoms with E-state index in [9.17, 15) is 4.79 Å². The number of amides is 1. The fourth-order valence-electron chi connectivity index (χ4n) is 1.22. The molecule has 14 heavy (non-hydrogen) atoms. The zero-order valence-corrected chi connectivity index (χ0v) is 9.47. The van der Waals surface area contributed by atoms with Crippen molar-refractivity contribution in [3.63, 3.8) is 0 Å². The molecule has 0 saturated heterocycles. The number of nitrogens with one attached hydrogen (secondary N) is 2. The lowest BCUT2D eigenvalue weighted by Gasteiger charge is -2.14. The Morgan fingerprint density at radius 1 is 1.36 bits per heavy atom. The van der Waals surface area contributed by atoms with E-state index in [1.54, 1.807) is 0 Å². The van der Waals surface area contributed by atoms with Gasteiger partial charge in [-0.05, 0) is 38.1 Å². The van der Waals surface area contributed by atoms with Crippen molar-refractivity contribution in [2.75, 3.05) is 13.1 Å². The number of hydrogen-bond donors (Lipinski definition) is 2. The van der Waals surface area contributed by atoms with E-state index in [1.807, 2.05) is 6.92 Å². The molecule has 0 radical (unpaired) electrons. The average Bonchev–Trinajstić information content (AvgIpc) is 2.93. The number of hydrogen-bond acceptors (Lipinski definition) is 2. The largest absolute Gasteiger partial charge is 0.354 e. The van der Waals surface area contributed by atoms with Crippen molar-refractivity contribution in [2.45, 2.75) is 39.7 Å². The molecule has 1 aliphatic rings. The molecule has 0 aromatic rings. The summed E-state index contributed by atoms with van der Waals surface area (Å²) in [6.45, 7) is 7.90. The van der Waals surface area contributed by atoms with E-state index < -0.39 is 0 Å². The molecule has 1 unspecified atom stereocenters. The standard InChI is InChI=1S/C11H22N2O/c1-8(2)6-13-11(14)9(3)12-7-10-4-5-10/h8-10,12H,4-7H2,1-3H3,(H,13,14). The molecule has 1 atom stereocenters. The maximum absolute atomic E-state index is 11.5. The minimum absolute atomic E-state index is 0.0469. The Balaban J connectivity index is 2.07. The lowest BCUT2D eigenvalue weighted by Crippen LogP contribution is -2.43. The first kappa shape index (κ1) is 11.5. The van der Waals surface area contributed by atoms with Crippen LogP contribution in [0.2, 0.25) is 0 Å². The highest BCUT2D eigenvalue weighted by Crippen LogP contribution is 2.27. The molecule has 0 heterocycles. The Morgan fingerprint density at radius 3 is 2.50 bits per heavy atom. The second kappa shape index (κ2) is 5.35. The summed E-state index contributed by atoms with van der Waals surface area (Å²) in [4.78, 5) is 11.5. The van der Waals surface area contributed by atoms with Gasteiger partial charge in [0.25, 0.3) is 0 Å². The Labute approximate surface area is 86.6 Å². The number of carbonyl (C=O) groups is 1. The lowest BCUT2D eigenvalue weighted by molar-refractivity contribution is -0.122. The molecule has 0 aromatic heterocycles. The average molecular weight is 198 g/mol. The van der Waals surface area contributed by atoms with Crippen molar-refractivity contribution in [1.82, 2.24) is 10.6 Å². The van der Waals surface area contributed by atoms with Crippen LogP contribution in [-0.4, -0.2) is 25.0 Å². The van der Waals surface area contributed by atoms with Crippen LogP contribution >= 0.6 is 0 Å². The second-order valence-electron chi connectivity index (χ2n) is 4.71. The fraction of sp³-hybridized carbons (Fsp3) is 0.909. The third-order valence-corrected chi connectivity index (χ3v) is 2.49. The molecular weight excluding hydrogens is 176 g/mol. The Kier molecular flexibility index (Phi) is 4.39. The summed E-state index contributed by atoms with van der Waals surface area (Å²) in [5.74, 6) is 1.48. The predicted molar refractivity (Wildman–Crippen MR) is 58.0 cm³/mol. The topological polar surface area (TPSA) is 41.1 Å². The van der Waals surface area contributed by atoms with Gasteiger partial charge in [-0.1, -0.05) is 13.8 Å². The maximum atomic E-state index is 11.5. The molecule has 1 amide bonds. The Bertz CT molecular complexity index is 188. The van der Waals surface area contributed by atoms with E-state index in [0.717, 1.165) is 19.0 Å². The SMILES string of the molecule is CC(C)CNC(=O)C(C)NCC1CC1. The minimum Gasteiger partial charge on any atom is -0.354 e. The third kappa shape index (κ3) is 4.61. The number of carbonyl (C=O) groups excluding carboxylic acids is 1. The zero-order chi connectivity index (χ0) is 10.6. The van der Waals surface area contributed by atoms with Gasteiger partial charge < -0.3 is 10.6 Å². The summed E-state index contributed by atoms with van der Waals surface area (Å²) >= 11 is 0. The molecule has 2 N–H and O–H groups in total. The van der Waals surface area contributed by atoms with Crippen molar-refractivity contribution >= 4 is 5.91 Å². The molecule has 0 aromatic carbocycles. The van der Waals surface area contributed by atoms with Crippen molar-refractivity contribution in [3.05, 3.63) is 0 Å². The van der Waals surface area contributed by atoms with Gasteiger partial charge in [-0.25, -0.2) is 0 Å². The molecular formula is C11H22N2O. The van der Waals surface area contributed by atoms with Crippen LogP contribution in [0.25, 0.3) is 0 Å². The van der Waals surface area contributed by atoms with Gasteiger partial charge in [0.1, 0.15) is 0 Å². The van der Waals surface area contributed by atoms with Crippen LogP contribution in [0.3, 0.4) is 0 Å². The summed E-state index contributed by atoms with van der Waals surface area (Å²) in [5, 5.41) is 6.18. The molecule has 0 spiro atoms. The van der Waals surface area contributed by atoms with Crippen LogP contribution < -0.4 is 10.6 Å². The summed E-state index contributed by atoms with van der Waals surface area (Å²) in [6.07, 6.45) is 2.65. The first-order valence-corrected chi connectivity index (χ1v) is 5.60. The highest BCUT2D eigenvalue weighted by molar-refractivity contribution is 5.81. The fourth-order valence-corrected chi connectivity index (χ4v) is 1.22. The maximum Gasteiger partial charge on any atom is 0.236 e. The van der Waals surface area contributed by atoms with Gasteiger partial charge >= 0.3 is 0 Å². The summed E-state index contributed by atoms with van der Waals surface area (Å²) in [5.41, 5.74) is 0. The minimum atomic E-state index is -0.0469. The van der Waals surface area contributed by atoms with Crippen LogP contribution in [0.4, 0.5) is 0 Å². The Morgan fingerprint density at radius 2 is 2.00 bits per heavy atom. The van der Waals surface area contributed by atoms with Gasteiger partial charge in [-0.15, -0.1) is 0 Å². The van der Waals surface area contributed by atoms with Gasteiger partial charge in [-0.3, -0.25) is 4.79 Å². The normalized spacial score (nSPS) is 18.3. The van der Waals surface area contributed by atoms with Crippen molar-refractivity contribution in [1.29, 1.82) is 0 Å². The van der Waals surface area contributed by atoms with Crippen LogP contribution in [0, 0.1) is 11.8 Å². The Hall–Kier alpha value is -0.570. The highest BCUT2D eigenvalue weighted by atomic mass is 16.2. The van der Waals surface area contributed by atoms with E-state index in [1.165, 1.54) is 12.8 Å². The van der Waals surface area contributed by atoms with Gasteiger partial charge in [0.15, 0.2) is 0 Å². The predicted octanol–water partition coefficient (Wildman–Crippen LogP) is 1.15. The van der Waals surface area contributed by atoms with Gasteiger partial charge in [0.2, 0.25) is 5.91 Å². The molecule has 0 aliphatic heterocycles. The highest BCUT2D eigenvalue weighted by Gasteiger charge is 2.22. The molecule has 3 nitrogen and oxygen atoms in total. The van der Waals surface area contributed by atoms with Gasteiger partial charge in [0.05, 0.1) is 6.04 Å². The molecule has 1 rings (SSSR count). The lowest BCUT2D eigenvalue weighted by atomic mass is 10.2. The van der Waals surface area contributed by atoms with Crippen molar-refractivity contribution in [2.24, 2.45) is 11.8 Å². The van der Waals surface area contributed by atoms with Gasteiger partial charge in [-0.2, -0.15) is 0 Å². The summed E-state index contributed by atoms with van der Waals surface area (Å²) in [6, 6.07) is -0.0469. The summed E-state index contributed by atoms with van der Waals surface area (Å²) < 4.78 is 0. The molecule has 0 bridgehead atoms. The molecule has 82 valence electrons. The second-order valence-corrected chi connectivity index (χ2v) is 4.71. The van der Waals surface area contributed by atoms with E-state index in [-0.39, 0.29) is 11.9 Å². The number of rotatable bonds is 6. The van der Waals surface area contributed by atoms with Crippen molar-refractivity contribution < 1.29 is 4.79 Å². The van der Waals surface area contributed by atoms with E-state index in [4.69, 9.17) is 0 Å². The third-order valence-electron chi connectivity index (χ3n) is 2.49. The van der Waals surface area contributed by atoms with Crippen LogP contribution in [0.1, 0.15) is 33.6 Å². The van der Waals surface area contributed by atoms with Crippen LogP contribution in [0.5, 0.6) is 0 Å². The quantitative estimate of drug-likeness (QED) is 0.672. The van der Waals surface area contributed by atoms with E-state index >= 15 is 0 Å². The van der Waals surface area contributed by atoms with Crippen LogP contribution in [-0.2, 0) is 4.79 Å². The molecule has 1 saturated carbocycles. The molecule has 1 fully saturated rings. The van der Waals surface area contributed by atoms with Gasteiger partial charge in [0, 0.05) is 6.54 Å². The van der Waals surface area contributed by atoms with Crippen LogP contribution in [0.15, 0.2) is 0 Å².